The van der Waals surface area contributed by atoms with Gasteiger partial charge in [0.15, 0.2) is 0 Å². The van der Waals surface area contributed by atoms with E-state index < -0.39 is 0 Å². The Morgan fingerprint density at radius 1 is 1.12 bits per heavy atom. The Morgan fingerprint density at radius 3 is 2.64 bits per heavy atom. The Kier molecular flexibility index (Phi) is 5.31. The second kappa shape index (κ2) is 7.83. The van der Waals surface area contributed by atoms with Crippen molar-refractivity contribution in [2.75, 3.05) is 39.4 Å². The van der Waals surface area contributed by atoms with E-state index in [4.69, 9.17) is 4.74 Å². The Morgan fingerprint density at radius 2 is 1.92 bits per heavy atom. The fourth-order valence-electron chi connectivity index (χ4n) is 4.63. The summed E-state index contributed by atoms with van der Waals surface area (Å²) in [4.78, 5) is 21.9. The normalized spacial score (nSPS) is 27.5. The van der Waals surface area contributed by atoms with Gasteiger partial charge in [0.25, 0.3) is 0 Å². The third kappa shape index (κ3) is 3.87. The molecule has 4 rings (SSSR count). The highest BCUT2D eigenvalue weighted by Crippen LogP contribution is 2.28. The number of amides is 1. The molecule has 3 aliphatic heterocycles. The summed E-state index contributed by atoms with van der Waals surface area (Å²) in [6.07, 6.45) is 7.95. The molecule has 0 aromatic carbocycles. The lowest BCUT2D eigenvalue weighted by Gasteiger charge is -2.41. The van der Waals surface area contributed by atoms with Crippen molar-refractivity contribution < 1.29 is 9.53 Å². The molecule has 3 saturated heterocycles. The van der Waals surface area contributed by atoms with Gasteiger partial charge in [0, 0.05) is 44.8 Å². The summed E-state index contributed by atoms with van der Waals surface area (Å²) in [6, 6.07) is 0.613. The van der Waals surface area contributed by atoms with Crippen LogP contribution in [-0.2, 0) is 9.53 Å². The quantitative estimate of drug-likeness (QED) is 0.895. The minimum Gasteiger partial charge on any atom is -0.381 e. The summed E-state index contributed by atoms with van der Waals surface area (Å²) >= 11 is 0. The van der Waals surface area contributed by atoms with E-state index in [2.05, 4.69) is 25.0 Å². The lowest BCUT2D eigenvalue weighted by atomic mass is 9.91. The van der Waals surface area contributed by atoms with Crippen LogP contribution in [0, 0.1) is 5.92 Å². The van der Waals surface area contributed by atoms with Crippen LogP contribution in [0.2, 0.25) is 0 Å². The molecule has 0 aliphatic carbocycles. The number of aromatic nitrogens is 3. The van der Waals surface area contributed by atoms with Gasteiger partial charge >= 0.3 is 0 Å². The first-order valence-electron chi connectivity index (χ1n) is 9.77. The molecular weight excluding hydrogens is 318 g/mol. The molecule has 0 bridgehead atoms. The van der Waals surface area contributed by atoms with E-state index in [-0.39, 0.29) is 5.92 Å². The minimum absolute atomic E-state index is 0.179. The second-order valence-electron chi connectivity index (χ2n) is 7.65. The molecule has 1 unspecified atom stereocenters. The number of hydrogen-bond donors (Lipinski definition) is 1. The number of hydrogen-bond acceptors (Lipinski definition) is 5. The topological polar surface area (TPSA) is 74.3 Å². The molecule has 4 heterocycles. The van der Waals surface area contributed by atoms with E-state index in [0.29, 0.717) is 17.9 Å². The Hall–Kier alpha value is -1.47. The van der Waals surface area contributed by atoms with Gasteiger partial charge in [0.05, 0.1) is 5.92 Å². The van der Waals surface area contributed by atoms with Crippen LogP contribution in [-0.4, -0.2) is 76.3 Å². The third-order valence-electron chi connectivity index (χ3n) is 6.14. The van der Waals surface area contributed by atoms with E-state index in [1.807, 2.05) is 0 Å². The maximum Gasteiger partial charge on any atom is 0.226 e. The molecule has 3 fully saturated rings. The summed E-state index contributed by atoms with van der Waals surface area (Å²) in [5.41, 5.74) is 0. The monoisotopic (exact) mass is 347 g/mol. The molecule has 0 spiro atoms. The lowest BCUT2D eigenvalue weighted by Crippen LogP contribution is -2.50. The van der Waals surface area contributed by atoms with Gasteiger partial charge in [0.2, 0.25) is 5.91 Å². The second-order valence-corrected chi connectivity index (χ2v) is 7.65. The zero-order valence-corrected chi connectivity index (χ0v) is 14.9. The van der Waals surface area contributed by atoms with Crippen LogP contribution in [0.5, 0.6) is 0 Å². The van der Waals surface area contributed by atoms with E-state index >= 15 is 0 Å². The number of ether oxygens (including phenoxy) is 1. The van der Waals surface area contributed by atoms with Crippen LogP contribution in [0.4, 0.5) is 0 Å². The molecule has 3 aliphatic rings. The van der Waals surface area contributed by atoms with Crippen LogP contribution in [0.1, 0.15) is 50.3 Å². The molecule has 7 heteroatoms. The summed E-state index contributed by atoms with van der Waals surface area (Å²) in [5, 5.41) is 6.92. The molecule has 0 radical (unpaired) electrons. The molecule has 1 N–H and O–H groups in total. The molecule has 25 heavy (non-hydrogen) atoms. The van der Waals surface area contributed by atoms with Gasteiger partial charge in [-0.3, -0.25) is 14.8 Å². The largest absolute Gasteiger partial charge is 0.381 e. The zero-order chi connectivity index (χ0) is 17.1. The molecule has 1 atom stereocenters. The van der Waals surface area contributed by atoms with Crippen LogP contribution in [0.25, 0.3) is 0 Å². The molecule has 0 saturated carbocycles. The Labute approximate surface area is 149 Å². The van der Waals surface area contributed by atoms with Crippen molar-refractivity contribution >= 4 is 5.91 Å². The van der Waals surface area contributed by atoms with Crippen molar-refractivity contribution in [1.29, 1.82) is 0 Å². The van der Waals surface area contributed by atoms with Crippen LogP contribution >= 0.6 is 0 Å². The zero-order valence-electron chi connectivity index (χ0n) is 14.9. The number of aromatic amines is 1. The first kappa shape index (κ1) is 17.0. The first-order chi connectivity index (χ1) is 12.3. The number of nitrogens with one attached hydrogen (secondary N) is 1. The van der Waals surface area contributed by atoms with Crippen molar-refractivity contribution in [3.8, 4) is 0 Å². The number of carbonyl (C=O) groups excluding carboxylic acids is 1. The Bertz CT molecular complexity index is 550. The van der Waals surface area contributed by atoms with Crippen molar-refractivity contribution in [2.45, 2.75) is 50.5 Å². The number of H-pyrrole nitrogens is 1. The summed E-state index contributed by atoms with van der Waals surface area (Å²) in [5.74, 6) is 1.93. The molecule has 1 aromatic heterocycles. The highest BCUT2D eigenvalue weighted by atomic mass is 16.5. The SMILES string of the molecule is O=C(C1CCCN(C2CCOCC2)C1)N1CCC(c2ncn[nH]2)CC1. The lowest BCUT2D eigenvalue weighted by molar-refractivity contribution is -0.139. The molecular formula is C18H29N5O2. The summed E-state index contributed by atoms with van der Waals surface area (Å²) in [6.45, 7) is 5.51. The van der Waals surface area contributed by atoms with Gasteiger partial charge < -0.3 is 9.64 Å². The predicted octanol–water partition coefficient (Wildman–Crippen LogP) is 1.40. The number of nitrogens with zero attached hydrogens (tertiary/aromatic N) is 4. The standard InChI is InChI=1S/C18H29N5O2/c24-18(22-8-3-14(4-9-22)17-19-13-20-21-17)15-2-1-7-23(12-15)16-5-10-25-11-6-16/h13-16H,1-12H2,(H,19,20,21). The molecule has 7 nitrogen and oxygen atoms in total. The third-order valence-corrected chi connectivity index (χ3v) is 6.14. The van der Waals surface area contributed by atoms with Crippen molar-refractivity contribution in [2.24, 2.45) is 5.92 Å². The van der Waals surface area contributed by atoms with E-state index in [1.54, 1.807) is 6.33 Å². The fourth-order valence-corrected chi connectivity index (χ4v) is 4.63. The summed E-state index contributed by atoms with van der Waals surface area (Å²) < 4.78 is 5.49. The van der Waals surface area contributed by atoms with Crippen molar-refractivity contribution in [3.63, 3.8) is 0 Å². The minimum atomic E-state index is 0.179. The highest BCUT2D eigenvalue weighted by Gasteiger charge is 2.34. The van der Waals surface area contributed by atoms with Crippen molar-refractivity contribution in [3.05, 3.63) is 12.2 Å². The molecule has 1 amide bonds. The molecule has 1 aromatic rings. The van der Waals surface area contributed by atoms with Gasteiger partial charge in [0.1, 0.15) is 12.2 Å². The van der Waals surface area contributed by atoms with E-state index in [9.17, 15) is 4.79 Å². The highest BCUT2D eigenvalue weighted by molar-refractivity contribution is 5.79. The first-order valence-corrected chi connectivity index (χ1v) is 9.77. The van der Waals surface area contributed by atoms with Crippen LogP contribution in [0.3, 0.4) is 0 Å². The Balaban J connectivity index is 1.30. The van der Waals surface area contributed by atoms with E-state index in [1.165, 1.54) is 0 Å². The van der Waals surface area contributed by atoms with Crippen LogP contribution < -0.4 is 0 Å². The van der Waals surface area contributed by atoms with Gasteiger partial charge in [-0.25, -0.2) is 4.98 Å². The van der Waals surface area contributed by atoms with Crippen molar-refractivity contribution in [1.82, 2.24) is 25.0 Å². The van der Waals surface area contributed by atoms with Gasteiger partial charge in [-0.15, -0.1) is 0 Å². The maximum atomic E-state index is 13.0. The predicted molar refractivity (Wildman–Crippen MR) is 93.1 cm³/mol. The van der Waals surface area contributed by atoms with Gasteiger partial charge in [-0.2, -0.15) is 5.10 Å². The maximum absolute atomic E-state index is 13.0. The summed E-state index contributed by atoms with van der Waals surface area (Å²) in [7, 11) is 0. The smallest absolute Gasteiger partial charge is 0.226 e. The number of likely N-dealkylation sites (tertiary alicyclic amines) is 2. The number of carbonyl (C=O) groups is 1. The number of rotatable bonds is 3. The van der Waals surface area contributed by atoms with Gasteiger partial charge in [-0.05, 0) is 45.1 Å². The average molecular weight is 347 g/mol. The number of piperidine rings is 2. The van der Waals surface area contributed by atoms with Gasteiger partial charge in [-0.1, -0.05) is 0 Å². The van der Waals surface area contributed by atoms with Crippen LogP contribution in [0.15, 0.2) is 6.33 Å². The average Bonchev–Trinajstić information content (AvgIpc) is 3.23. The molecule has 138 valence electrons. The fraction of sp³-hybridized carbons (Fsp3) is 0.833. The van der Waals surface area contributed by atoms with E-state index in [0.717, 1.165) is 83.7 Å².